The van der Waals surface area contributed by atoms with Crippen molar-refractivity contribution in [2.75, 3.05) is 25.6 Å². The number of carbonyl (C=O) groups excluding carboxylic acids is 3. The average molecular weight is 485 g/mol. The van der Waals surface area contributed by atoms with Gasteiger partial charge in [-0.2, -0.15) is 0 Å². The highest BCUT2D eigenvalue weighted by Crippen LogP contribution is 2.26. The van der Waals surface area contributed by atoms with Gasteiger partial charge in [-0.1, -0.05) is 29.8 Å². The second-order valence-corrected chi connectivity index (χ2v) is 8.48. The van der Waals surface area contributed by atoms with Gasteiger partial charge in [-0.05, 0) is 24.6 Å². The Hall–Kier alpha value is -3.50. The average Bonchev–Trinajstić information content (AvgIpc) is 3.53. The van der Waals surface area contributed by atoms with Crippen molar-refractivity contribution in [3.05, 3.63) is 71.1 Å². The lowest BCUT2D eigenvalue weighted by molar-refractivity contribution is -0.142. The Morgan fingerprint density at radius 2 is 1.97 bits per heavy atom. The summed E-state index contributed by atoms with van der Waals surface area (Å²) in [5.41, 5.74) is 1.69. The minimum Gasteiger partial charge on any atom is -0.467 e. The molecule has 2 N–H and O–H groups in total. The Kier molecular flexibility index (Phi) is 9.36. The highest BCUT2D eigenvalue weighted by atomic mass is 32.1. The number of ether oxygens (including phenoxy) is 1. The van der Waals surface area contributed by atoms with Gasteiger partial charge in [0, 0.05) is 38.1 Å². The number of carbonyl (C=O) groups is 3. The molecule has 0 aliphatic carbocycles. The third-order valence-corrected chi connectivity index (χ3v) is 5.72. The molecular weight excluding hydrogens is 456 g/mol. The van der Waals surface area contributed by atoms with Gasteiger partial charge in [0.05, 0.1) is 19.4 Å². The minimum absolute atomic E-state index is 0.0427. The van der Waals surface area contributed by atoms with Gasteiger partial charge < -0.3 is 24.7 Å². The summed E-state index contributed by atoms with van der Waals surface area (Å²) in [4.78, 5) is 44.4. The van der Waals surface area contributed by atoms with E-state index in [0.29, 0.717) is 29.6 Å². The standard InChI is InChI=1S/C24H28N4O5S/c1-17-5-7-18(8-6-17)22(23(31)25-11-14-32-2)28(16-19-4-3-13-33-19)21(30)10-9-20(29)27-24-26-12-15-34-24/h3-8,12-13,15,22H,9-11,14,16H2,1-2H3,(H,25,31)(H,26,27,29). The Bertz CT molecular complexity index is 1050. The van der Waals surface area contributed by atoms with Crippen molar-refractivity contribution < 1.29 is 23.5 Å². The molecule has 0 spiro atoms. The quantitative estimate of drug-likeness (QED) is 0.381. The van der Waals surface area contributed by atoms with E-state index in [9.17, 15) is 14.4 Å². The van der Waals surface area contributed by atoms with Crippen molar-refractivity contribution in [2.45, 2.75) is 32.4 Å². The summed E-state index contributed by atoms with van der Waals surface area (Å²) < 4.78 is 10.5. The van der Waals surface area contributed by atoms with Gasteiger partial charge >= 0.3 is 0 Å². The number of benzene rings is 1. The molecule has 1 atom stereocenters. The van der Waals surface area contributed by atoms with E-state index >= 15 is 0 Å². The van der Waals surface area contributed by atoms with E-state index in [0.717, 1.165) is 5.56 Å². The van der Waals surface area contributed by atoms with Crippen LogP contribution in [0.5, 0.6) is 0 Å². The Morgan fingerprint density at radius 3 is 2.62 bits per heavy atom. The molecule has 0 radical (unpaired) electrons. The van der Waals surface area contributed by atoms with Gasteiger partial charge in [0.1, 0.15) is 11.8 Å². The van der Waals surface area contributed by atoms with E-state index in [1.165, 1.54) is 22.5 Å². The van der Waals surface area contributed by atoms with Gasteiger partial charge in [0.2, 0.25) is 17.7 Å². The smallest absolute Gasteiger partial charge is 0.247 e. The Balaban J connectivity index is 1.82. The molecule has 0 aliphatic heterocycles. The van der Waals surface area contributed by atoms with Crippen LogP contribution >= 0.6 is 11.3 Å². The lowest BCUT2D eigenvalue weighted by atomic mass is 10.0. The molecule has 180 valence electrons. The number of anilines is 1. The first-order valence-electron chi connectivity index (χ1n) is 10.8. The first-order chi connectivity index (χ1) is 16.5. The van der Waals surface area contributed by atoms with Crippen LogP contribution in [0.3, 0.4) is 0 Å². The number of nitrogens with one attached hydrogen (secondary N) is 2. The van der Waals surface area contributed by atoms with Crippen molar-refractivity contribution in [1.82, 2.24) is 15.2 Å². The fraction of sp³-hybridized carbons (Fsp3) is 0.333. The lowest BCUT2D eigenvalue weighted by Crippen LogP contribution is -2.44. The van der Waals surface area contributed by atoms with Crippen LogP contribution in [-0.2, 0) is 25.7 Å². The van der Waals surface area contributed by atoms with E-state index in [4.69, 9.17) is 9.15 Å². The summed E-state index contributed by atoms with van der Waals surface area (Å²) >= 11 is 1.30. The number of furan rings is 1. The zero-order valence-electron chi connectivity index (χ0n) is 19.2. The van der Waals surface area contributed by atoms with E-state index in [1.807, 2.05) is 31.2 Å². The van der Waals surface area contributed by atoms with Crippen LogP contribution in [0.25, 0.3) is 0 Å². The maximum atomic E-state index is 13.4. The van der Waals surface area contributed by atoms with Crippen molar-refractivity contribution in [1.29, 1.82) is 0 Å². The number of hydrogen-bond acceptors (Lipinski definition) is 7. The van der Waals surface area contributed by atoms with Crippen LogP contribution in [0.15, 0.2) is 58.7 Å². The molecule has 0 saturated carbocycles. The summed E-state index contributed by atoms with van der Waals surface area (Å²) in [6, 6.07) is 9.99. The normalized spacial score (nSPS) is 11.6. The summed E-state index contributed by atoms with van der Waals surface area (Å²) in [5.74, 6) is -0.480. The number of thiazole rings is 1. The highest BCUT2D eigenvalue weighted by molar-refractivity contribution is 7.13. The van der Waals surface area contributed by atoms with Gasteiger partial charge in [-0.3, -0.25) is 14.4 Å². The number of amides is 3. The third kappa shape index (κ3) is 7.26. The maximum Gasteiger partial charge on any atom is 0.247 e. The number of methoxy groups -OCH3 is 1. The first kappa shape index (κ1) is 25.1. The highest BCUT2D eigenvalue weighted by Gasteiger charge is 2.32. The molecule has 2 aromatic heterocycles. The second kappa shape index (κ2) is 12.7. The molecule has 3 aromatic rings. The fourth-order valence-electron chi connectivity index (χ4n) is 3.32. The van der Waals surface area contributed by atoms with E-state index in [-0.39, 0.29) is 37.1 Å². The number of nitrogens with zero attached hydrogens (tertiary/aromatic N) is 2. The van der Waals surface area contributed by atoms with Crippen molar-refractivity contribution >= 4 is 34.2 Å². The largest absolute Gasteiger partial charge is 0.467 e. The van der Waals surface area contributed by atoms with Gasteiger partial charge in [0.25, 0.3) is 0 Å². The fourth-order valence-corrected chi connectivity index (χ4v) is 3.86. The van der Waals surface area contributed by atoms with Crippen LogP contribution in [0.2, 0.25) is 0 Å². The zero-order chi connectivity index (χ0) is 24.3. The molecular formula is C24H28N4O5S. The van der Waals surface area contributed by atoms with Gasteiger partial charge in [-0.25, -0.2) is 4.98 Å². The van der Waals surface area contributed by atoms with E-state index in [1.54, 1.807) is 30.8 Å². The molecule has 0 fully saturated rings. The molecule has 10 heteroatoms. The molecule has 3 amide bonds. The third-order valence-electron chi connectivity index (χ3n) is 5.03. The van der Waals surface area contributed by atoms with Gasteiger partial charge in [0.15, 0.2) is 5.13 Å². The van der Waals surface area contributed by atoms with Gasteiger partial charge in [-0.15, -0.1) is 11.3 Å². The molecule has 0 aliphatic rings. The van der Waals surface area contributed by atoms with E-state index < -0.39 is 6.04 Å². The molecule has 1 aromatic carbocycles. The minimum atomic E-state index is -0.905. The molecule has 1 unspecified atom stereocenters. The van der Waals surface area contributed by atoms with Crippen LogP contribution < -0.4 is 10.6 Å². The molecule has 2 heterocycles. The van der Waals surface area contributed by atoms with Crippen LogP contribution in [-0.4, -0.2) is 47.9 Å². The monoisotopic (exact) mass is 484 g/mol. The van der Waals surface area contributed by atoms with Crippen LogP contribution in [0, 0.1) is 6.92 Å². The lowest BCUT2D eigenvalue weighted by Gasteiger charge is -2.31. The molecule has 34 heavy (non-hydrogen) atoms. The molecule has 0 bridgehead atoms. The number of hydrogen-bond donors (Lipinski definition) is 2. The second-order valence-electron chi connectivity index (χ2n) is 7.58. The SMILES string of the molecule is COCCNC(=O)C(c1ccc(C)cc1)N(Cc1ccco1)C(=O)CCC(=O)Nc1nccs1. The molecule has 3 rings (SSSR count). The topological polar surface area (TPSA) is 114 Å². The van der Waals surface area contributed by atoms with Crippen LogP contribution in [0.1, 0.15) is 35.8 Å². The molecule has 0 saturated heterocycles. The predicted molar refractivity (Wildman–Crippen MR) is 128 cm³/mol. The molecule has 9 nitrogen and oxygen atoms in total. The first-order valence-corrected chi connectivity index (χ1v) is 11.7. The number of rotatable bonds is 12. The summed E-state index contributed by atoms with van der Waals surface area (Å²) in [6.07, 6.45) is 2.98. The summed E-state index contributed by atoms with van der Waals surface area (Å²) in [7, 11) is 1.55. The van der Waals surface area contributed by atoms with Crippen molar-refractivity contribution in [3.8, 4) is 0 Å². The van der Waals surface area contributed by atoms with Crippen molar-refractivity contribution in [3.63, 3.8) is 0 Å². The Morgan fingerprint density at radius 1 is 1.18 bits per heavy atom. The number of aromatic nitrogens is 1. The van der Waals surface area contributed by atoms with Crippen molar-refractivity contribution in [2.24, 2.45) is 0 Å². The summed E-state index contributed by atoms with van der Waals surface area (Å²) in [5, 5.41) is 7.73. The maximum absolute atomic E-state index is 13.4. The Labute approximate surface area is 202 Å². The summed E-state index contributed by atoms with van der Waals surface area (Å²) in [6.45, 7) is 2.67. The van der Waals surface area contributed by atoms with Crippen LogP contribution in [0.4, 0.5) is 5.13 Å². The zero-order valence-corrected chi connectivity index (χ0v) is 20.0. The van der Waals surface area contributed by atoms with E-state index in [2.05, 4.69) is 15.6 Å². The predicted octanol–water partition coefficient (Wildman–Crippen LogP) is 3.30. The number of aryl methyl sites for hydroxylation is 1.